The Morgan fingerprint density at radius 1 is 1.15 bits per heavy atom. The molecule has 20 heavy (non-hydrogen) atoms. The molecule has 3 rings (SSSR count). The summed E-state index contributed by atoms with van der Waals surface area (Å²) in [6, 6.07) is 7.87. The lowest BCUT2D eigenvalue weighted by molar-refractivity contribution is 0.339. The van der Waals surface area contributed by atoms with Gasteiger partial charge in [-0.25, -0.2) is 4.79 Å². The third-order valence-corrected chi connectivity index (χ3v) is 4.58. The van der Waals surface area contributed by atoms with Gasteiger partial charge in [-0.05, 0) is 42.9 Å². The molecule has 1 saturated carbocycles. The molecule has 0 N–H and O–H groups in total. The van der Waals surface area contributed by atoms with Gasteiger partial charge in [-0.3, -0.25) is 0 Å². The lowest BCUT2D eigenvalue weighted by Crippen LogP contribution is -2.07. The van der Waals surface area contributed by atoms with Crippen LogP contribution in [0.15, 0.2) is 33.5 Å². The highest BCUT2D eigenvalue weighted by Crippen LogP contribution is 2.28. The molecule has 0 unspecified atom stereocenters. The van der Waals surface area contributed by atoms with Crippen molar-refractivity contribution in [3.05, 3.63) is 45.8 Å². The van der Waals surface area contributed by atoms with E-state index in [0.29, 0.717) is 0 Å². The molecular weight excluding hydrogens is 248 g/mol. The molecule has 1 aromatic heterocycles. The number of rotatable bonds is 3. The number of benzene rings is 1. The molecule has 1 aliphatic rings. The fourth-order valence-electron chi connectivity index (χ4n) is 3.37. The minimum absolute atomic E-state index is 0.251. The average molecular weight is 270 g/mol. The van der Waals surface area contributed by atoms with Crippen LogP contribution < -0.4 is 5.63 Å². The monoisotopic (exact) mass is 270 g/mol. The zero-order valence-corrected chi connectivity index (χ0v) is 12.2. The highest BCUT2D eigenvalue weighted by molar-refractivity contribution is 5.80. The Hall–Kier alpha value is -1.57. The first-order chi connectivity index (χ1) is 9.72. The van der Waals surface area contributed by atoms with Gasteiger partial charge in [0.2, 0.25) is 0 Å². The predicted octanol–water partition coefficient (Wildman–Crippen LogP) is 4.61. The summed E-state index contributed by atoms with van der Waals surface area (Å²) in [6.07, 6.45) is 9.35. The van der Waals surface area contributed by atoms with E-state index in [4.69, 9.17) is 4.42 Å². The van der Waals surface area contributed by atoms with Crippen LogP contribution in [0.3, 0.4) is 0 Å². The summed E-state index contributed by atoms with van der Waals surface area (Å²) in [4.78, 5) is 11.5. The van der Waals surface area contributed by atoms with Gasteiger partial charge in [-0.15, -0.1) is 0 Å². The highest BCUT2D eigenvalue weighted by Gasteiger charge is 2.13. The summed E-state index contributed by atoms with van der Waals surface area (Å²) in [6.45, 7) is 1.96. The molecule has 0 aliphatic heterocycles. The van der Waals surface area contributed by atoms with E-state index in [1.165, 1.54) is 44.1 Å². The van der Waals surface area contributed by atoms with E-state index in [1.54, 1.807) is 6.07 Å². The van der Waals surface area contributed by atoms with Gasteiger partial charge in [-0.1, -0.05) is 44.2 Å². The van der Waals surface area contributed by atoms with Crippen molar-refractivity contribution in [3.8, 4) is 0 Å². The van der Waals surface area contributed by atoms with E-state index < -0.39 is 0 Å². The summed E-state index contributed by atoms with van der Waals surface area (Å²) in [5.41, 5.74) is 2.77. The van der Waals surface area contributed by atoms with E-state index in [-0.39, 0.29) is 5.63 Å². The van der Waals surface area contributed by atoms with E-state index in [1.807, 2.05) is 13.0 Å². The van der Waals surface area contributed by atoms with Crippen molar-refractivity contribution in [3.63, 3.8) is 0 Å². The maximum Gasteiger partial charge on any atom is 0.336 e. The van der Waals surface area contributed by atoms with Crippen LogP contribution in [0.5, 0.6) is 0 Å². The Labute approximate surface area is 119 Å². The van der Waals surface area contributed by atoms with Crippen LogP contribution >= 0.6 is 0 Å². The Morgan fingerprint density at radius 2 is 1.95 bits per heavy atom. The van der Waals surface area contributed by atoms with Crippen LogP contribution in [0.4, 0.5) is 0 Å². The second-order valence-corrected chi connectivity index (χ2v) is 6.12. The largest absolute Gasteiger partial charge is 0.423 e. The van der Waals surface area contributed by atoms with Gasteiger partial charge < -0.3 is 4.42 Å². The highest BCUT2D eigenvalue weighted by atomic mass is 16.4. The summed E-state index contributed by atoms with van der Waals surface area (Å²) in [5, 5.41) is 1.05. The van der Waals surface area contributed by atoms with Gasteiger partial charge >= 0.3 is 5.63 Å². The van der Waals surface area contributed by atoms with Gasteiger partial charge in [0.1, 0.15) is 5.58 Å². The van der Waals surface area contributed by atoms with Crippen LogP contribution in [0.1, 0.15) is 49.7 Å². The normalized spacial score (nSPS) is 16.6. The van der Waals surface area contributed by atoms with Gasteiger partial charge in [0.25, 0.3) is 0 Å². The molecule has 2 nitrogen and oxygen atoms in total. The van der Waals surface area contributed by atoms with Crippen molar-refractivity contribution in [2.45, 2.75) is 51.9 Å². The molecule has 1 heterocycles. The van der Waals surface area contributed by atoms with E-state index in [9.17, 15) is 4.79 Å². The third-order valence-electron chi connectivity index (χ3n) is 4.58. The minimum Gasteiger partial charge on any atom is -0.423 e. The predicted molar refractivity (Wildman–Crippen MR) is 82.1 cm³/mol. The molecule has 106 valence electrons. The molecule has 0 saturated heterocycles. The lowest BCUT2D eigenvalue weighted by Gasteiger charge is -2.21. The van der Waals surface area contributed by atoms with E-state index in [0.717, 1.165) is 28.9 Å². The molecule has 1 fully saturated rings. The van der Waals surface area contributed by atoms with Crippen molar-refractivity contribution in [2.75, 3.05) is 0 Å². The molecule has 0 atom stereocenters. The van der Waals surface area contributed by atoms with Gasteiger partial charge in [0.05, 0.1) is 0 Å². The molecule has 1 aromatic carbocycles. The lowest BCUT2D eigenvalue weighted by atomic mass is 9.85. The molecule has 0 radical (unpaired) electrons. The SMILES string of the molecule is Cc1cc(=O)oc2cc(CCC3CCCCC3)ccc12. The van der Waals surface area contributed by atoms with Crippen LogP contribution in [0.2, 0.25) is 0 Å². The van der Waals surface area contributed by atoms with Crippen molar-refractivity contribution in [1.29, 1.82) is 0 Å². The number of hydrogen-bond acceptors (Lipinski definition) is 2. The molecule has 1 aliphatic carbocycles. The first-order valence-corrected chi connectivity index (χ1v) is 7.76. The zero-order valence-electron chi connectivity index (χ0n) is 12.2. The Bertz CT molecular complexity index is 648. The van der Waals surface area contributed by atoms with Gasteiger partial charge in [-0.2, -0.15) is 0 Å². The number of aryl methyl sites for hydroxylation is 2. The van der Waals surface area contributed by atoms with Crippen LogP contribution in [0.25, 0.3) is 11.0 Å². The van der Waals surface area contributed by atoms with Crippen LogP contribution in [-0.2, 0) is 6.42 Å². The minimum atomic E-state index is -0.251. The maximum absolute atomic E-state index is 11.5. The molecule has 0 amide bonds. The van der Waals surface area contributed by atoms with Gasteiger partial charge in [0, 0.05) is 11.5 Å². The third kappa shape index (κ3) is 2.95. The fraction of sp³-hybridized carbons (Fsp3) is 0.500. The molecule has 0 bridgehead atoms. The topological polar surface area (TPSA) is 30.2 Å². The first kappa shape index (κ1) is 13.4. The Morgan fingerprint density at radius 3 is 2.75 bits per heavy atom. The van der Waals surface area contributed by atoms with Crippen LogP contribution in [0, 0.1) is 12.8 Å². The maximum atomic E-state index is 11.5. The summed E-state index contributed by atoms with van der Waals surface area (Å²) >= 11 is 0. The Balaban J connectivity index is 1.76. The van der Waals surface area contributed by atoms with Crippen molar-refractivity contribution in [2.24, 2.45) is 5.92 Å². The summed E-state index contributed by atoms with van der Waals surface area (Å²) in [7, 11) is 0. The average Bonchev–Trinajstić information content (AvgIpc) is 2.45. The molecule has 2 aromatic rings. The molecule has 2 heteroatoms. The van der Waals surface area contributed by atoms with E-state index >= 15 is 0 Å². The molecule has 0 spiro atoms. The van der Waals surface area contributed by atoms with Crippen molar-refractivity contribution < 1.29 is 4.42 Å². The van der Waals surface area contributed by atoms with Gasteiger partial charge in [0.15, 0.2) is 0 Å². The quantitative estimate of drug-likeness (QED) is 0.762. The van der Waals surface area contributed by atoms with E-state index in [2.05, 4.69) is 12.1 Å². The second-order valence-electron chi connectivity index (χ2n) is 6.12. The van der Waals surface area contributed by atoms with Crippen molar-refractivity contribution >= 4 is 11.0 Å². The summed E-state index contributed by atoms with van der Waals surface area (Å²) in [5.74, 6) is 0.893. The Kier molecular flexibility index (Phi) is 3.90. The first-order valence-electron chi connectivity index (χ1n) is 7.76. The second kappa shape index (κ2) is 5.82. The molecular formula is C18H22O2. The fourth-order valence-corrected chi connectivity index (χ4v) is 3.37. The van der Waals surface area contributed by atoms with Crippen LogP contribution in [-0.4, -0.2) is 0 Å². The zero-order chi connectivity index (χ0) is 13.9. The standard InChI is InChI=1S/C18H22O2/c1-13-11-18(19)20-17-12-15(9-10-16(13)17)8-7-14-5-3-2-4-6-14/h9-12,14H,2-8H2,1H3. The summed E-state index contributed by atoms with van der Waals surface area (Å²) < 4.78 is 5.32. The smallest absolute Gasteiger partial charge is 0.336 e. The number of hydrogen-bond donors (Lipinski definition) is 0. The number of fused-ring (bicyclic) bond motifs is 1. The van der Waals surface area contributed by atoms with Crippen molar-refractivity contribution in [1.82, 2.24) is 0 Å².